The summed E-state index contributed by atoms with van der Waals surface area (Å²) in [6.07, 6.45) is 4.17. The third kappa shape index (κ3) is 2.57. The zero-order valence-electron chi connectivity index (χ0n) is 12.3. The van der Waals surface area contributed by atoms with Gasteiger partial charge in [0.25, 0.3) is 0 Å². The van der Waals surface area contributed by atoms with Gasteiger partial charge in [-0.25, -0.2) is 9.97 Å². The van der Waals surface area contributed by atoms with Gasteiger partial charge in [-0.05, 0) is 28.9 Å². The predicted octanol–water partition coefficient (Wildman–Crippen LogP) is 3.65. The summed E-state index contributed by atoms with van der Waals surface area (Å²) in [6, 6.07) is 9.88. The molecule has 3 rings (SSSR count). The highest BCUT2D eigenvalue weighted by atomic mass is 79.9. The van der Waals surface area contributed by atoms with Gasteiger partial charge in [0.15, 0.2) is 0 Å². The molecular weight excluding hydrogens is 344 g/mol. The van der Waals surface area contributed by atoms with Gasteiger partial charge in [-0.15, -0.1) is 0 Å². The van der Waals surface area contributed by atoms with Crippen molar-refractivity contribution in [3.05, 3.63) is 52.4 Å². The Hall–Kier alpha value is -2.01. The molecule has 1 unspecified atom stereocenters. The molecule has 1 aromatic carbocycles. The summed E-state index contributed by atoms with van der Waals surface area (Å²) in [5.74, 6) is -0.264. The molecule has 0 amide bonds. The molecule has 0 radical (unpaired) electrons. The zero-order chi connectivity index (χ0) is 15.7. The highest BCUT2D eigenvalue weighted by Crippen LogP contribution is 2.34. The van der Waals surface area contributed by atoms with Crippen LogP contribution in [0.5, 0.6) is 0 Å². The second-order valence-corrected chi connectivity index (χ2v) is 6.23. The van der Waals surface area contributed by atoms with E-state index in [-0.39, 0.29) is 5.97 Å². The summed E-state index contributed by atoms with van der Waals surface area (Å²) in [5, 5.41) is 0. The van der Waals surface area contributed by atoms with E-state index in [0.717, 1.165) is 22.6 Å². The summed E-state index contributed by atoms with van der Waals surface area (Å²) in [4.78, 5) is 21.2. The first-order valence-corrected chi connectivity index (χ1v) is 7.72. The van der Waals surface area contributed by atoms with Crippen molar-refractivity contribution in [3.63, 3.8) is 0 Å². The smallest absolute Gasteiger partial charge is 0.315 e. The van der Waals surface area contributed by atoms with Gasteiger partial charge in [0.2, 0.25) is 0 Å². The Kier molecular flexibility index (Phi) is 3.83. The first-order valence-electron chi connectivity index (χ1n) is 6.93. The van der Waals surface area contributed by atoms with Crippen molar-refractivity contribution in [2.45, 2.75) is 13.3 Å². The second-order valence-electron chi connectivity index (χ2n) is 5.48. The Morgan fingerprint density at radius 2 is 2.00 bits per heavy atom. The van der Waals surface area contributed by atoms with Crippen LogP contribution in [0, 0.1) is 5.41 Å². The minimum Gasteiger partial charge on any atom is -0.468 e. The molecule has 1 aliphatic rings. The van der Waals surface area contributed by atoms with E-state index in [9.17, 15) is 4.79 Å². The number of esters is 1. The van der Waals surface area contributed by atoms with E-state index < -0.39 is 5.41 Å². The average molecular weight is 359 g/mol. The first kappa shape index (κ1) is 14.9. The minimum absolute atomic E-state index is 0.264. The van der Waals surface area contributed by atoms with Crippen LogP contribution in [0.4, 0.5) is 0 Å². The molecule has 22 heavy (non-hydrogen) atoms. The minimum atomic E-state index is -0.690. The first-order chi connectivity index (χ1) is 10.5. The van der Waals surface area contributed by atoms with Crippen LogP contribution in [0.2, 0.25) is 0 Å². The number of hydrogen-bond acceptors (Lipinski definition) is 4. The van der Waals surface area contributed by atoms with Crippen LogP contribution in [0.1, 0.15) is 18.3 Å². The molecule has 1 aromatic heterocycles. The topological polar surface area (TPSA) is 52.1 Å². The lowest BCUT2D eigenvalue weighted by Crippen LogP contribution is -2.32. The number of benzene rings is 1. The van der Waals surface area contributed by atoms with Crippen LogP contribution in [-0.2, 0) is 16.0 Å². The Labute approximate surface area is 137 Å². The number of carbonyl (C=O) groups excluding carboxylic acids is 1. The quantitative estimate of drug-likeness (QED) is 0.768. The van der Waals surface area contributed by atoms with Gasteiger partial charge in [0, 0.05) is 12.0 Å². The number of fused-ring (bicyclic) bond motifs is 1. The Balaban J connectivity index is 2.04. The molecule has 0 spiro atoms. The van der Waals surface area contributed by atoms with E-state index in [1.165, 1.54) is 7.11 Å². The Morgan fingerprint density at radius 1 is 1.27 bits per heavy atom. The third-order valence-corrected chi connectivity index (χ3v) is 4.35. The molecule has 0 bridgehead atoms. The van der Waals surface area contributed by atoms with Gasteiger partial charge < -0.3 is 4.74 Å². The van der Waals surface area contributed by atoms with Crippen molar-refractivity contribution in [1.29, 1.82) is 0 Å². The van der Waals surface area contributed by atoms with Crippen molar-refractivity contribution in [2.24, 2.45) is 5.41 Å². The molecule has 0 N–H and O–H groups in total. The summed E-state index contributed by atoms with van der Waals surface area (Å²) in [7, 11) is 1.40. The van der Waals surface area contributed by atoms with E-state index in [2.05, 4.69) is 25.9 Å². The molecule has 1 heterocycles. The van der Waals surface area contributed by atoms with E-state index in [4.69, 9.17) is 4.74 Å². The maximum atomic E-state index is 11.9. The molecule has 0 fully saturated rings. The maximum Gasteiger partial charge on any atom is 0.315 e. The SMILES string of the molecule is COC(=O)C1(C)C=Cc2nc(-c3ccccc3)c(Br)nc2C1. The lowest BCUT2D eigenvalue weighted by molar-refractivity contribution is -0.148. The van der Waals surface area contributed by atoms with Crippen molar-refractivity contribution in [2.75, 3.05) is 7.11 Å². The van der Waals surface area contributed by atoms with Gasteiger partial charge in [-0.2, -0.15) is 0 Å². The van der Waals surface area contributed by atoms with Gasteiger partial charge in [-0.3, -0.25) is 4.79 Å². The number of aromatic nitrogens is 2. The molecule has 0 saturated heterocycles. The molecule has 112 valence electrons. The fourth-order valence-corrected chi connectivity index (χ4v) is 3.08. The third-order valence-electron chi connectivity index (χ3n) is 3.80. The number of halogens is 1. The molecule has 5 heteroatoms. The fraction of sp³-hybridized carbons (Fsp3) is 0.235. The van der Waals surface area contributed by atoms with Crippen molar-refractivity contribution >= 4 is 28.0 Å². The standard InChI is InChI=1S/C17H15BrN2O2/c1-17(16(21)22-2)9-8-12-13(10-17)20-15(18)14(19-12)11-6-4-3-5-7-11/h3-9H,10H2,1-2H3. The number of rotatable bonds is 2. The van der Waals surface area contributed by atoms with Crippen LogP contribution in [0.25, 0.3) is 17.3 Å². The molecule has 0 saturated carbocycles. The van der Waals surface area contributed by atoms with Crippen LogP contribution in [0.15, 0.2) is 41.0 Å². The molecule has 1 aliphatic carbocycles. The normalized spacial score (nSPS) is 19.6. The summed E-state index contributed by atoms with van der Waals surface area (Å²) >= 11 is 3.49. The molecule has 4 nitrogen and oxygen atoms in total. The van der Waals surface area contributed by atoms with Gasteiger partial charge in [0.05, 0.1) is 23.9 Å². The summed E-state index contributed by atoms with van der Waals surface area (Å²) < 4.78 is 5.56. The van der Waals surface area contributed by atoms with E-state index in [0.29, 0.717) is 11.0 Å². The van der Waals surface area contributed by atoms with Gasteiger partial charge in [-0.1, -0.05) is 36.4 Å². The summed E-state index contributed by atoms with van der Waals surface area (Å²) in [5.41, 5.74) is 2.69. The largest absolute Gasteiger partial charge is 0.468 e. The van der Waals surface area contributed by atoms with Crippen LogP contribution in [-0.4, -0.2) is 23.0 Å². The van der Waals surface area contributed by atoms with Crippen molar-refractivity contribution < 1.29 is 9.53 Å². The van der Waals surface area contributed by atoms with E-state index in [1.807, 2.05) is 49.4 Å². The molecule has 2 aromatic rings. The predicted molar refractivity (Wildman–Crippen MR) is 88.0 cm³/mol. The maximum absolute atomic E-state index is 11.9. The summed E-state index contributed by atoms with van der Waals surface area (Å²) in [6.45, 7) is 1.85. The van der Waals surface area contributed by atoms with Crippen molar-refractivity contribution in [3.8, 4) is 11.3 Å². The highest BCUT2D eigenvalue weighted by molar-refractivity contribution is 9.10. The lowest BCUT2D eigenvalue weighted by Gasteiger charge is -2.26. The Bertz CT molecular complexity index is 759. The highest BCUT2D eigenvalue weighted by Gasteiger charge is 2.36. The molecular formula is C17H15BrN2O2. The van der Waals surface area contributed by atoms with Crippen molar-refractivity contribution in [1.82, 2.24) is 9.97 Å². The number of nitrogens with zero attached hydrogens (tertiary/aromatic N) is 2. The average Bonchev–Trinajstić information content (AvgIpc) is 2.54. The second kappa shape index (κ2) is 5.65. The molecule has 1 atom stereocenters. The monoisotopic (exact) mass is 358 g/mol. The van der Waals surface area contributed by atoms with Gasteiger partial charge >= 0.3 is 5.97 Å². The Morgan fingerprint density at radius 3 is 2.68 bits per heavy atom. The number of carbonyl (C=O) groups is 1. The number of hydrogen-bond donors (Lipinski definition) is 0. The molecule has 0 aliphatic heterocycles. The number of methoxy groups -OCH3 is 1. The van der Waals surface area contributed by atoms with Gasteiger partial charge in [0.1, 0.15) is 10.3 Å². The zero-order valence-corrected chi connectivity index (χ0v) is 13.9. The van der Waals surface area contributed by atoms with Crippen LogP contribution < -0.4 is 0 Å². The lowest BCUT2D eigenvalue weighted by atomic mass is 9.81. The van der Waals surface area contributed by atoms with E-state index >= 15 is 0 Å². The number of ether oxygens (including phenoxy) is 1. The fourth-order valence-electron chi connectivity index (χ4n) is 2.55. The van der Waals surface area contributed by atoms with E-state index in [1.54, 1.807) is 0 Å². The van der Waals surface area contributed by atoms with Crippen LogP contribution >= 0.6 is 15.9 Å². The van der Waals surface area contributed by atoms with Crippen LogP contribution in [0.3, 0.4) is 0 Å².